The Kier molecular flexibility index (Phi) is 6.26. The van der Waals surface area contributed by atoms with E-state index in [1.54, 1.807) is 20.8 Å². The Labute approximate surface area is 119 Å². The number of carboxylic acids is 1. The molecule has 0 bridgehead atoms. The standard InChI is InChI=1S/C14H25NO5/c1-14(2,3)20-13(18)15-19-9-11(12(16)17)10-7-5-4-6-8-10/h10-11H,4-9H2,1-3H3,(H,15,18)(H,16,17). The molecular formula is C14H25NO5. The van der Waals surface area contributed by atoms with Crippen LogP contribution in [0, 0.1) is 11.8 Å². The van der Waals surface area contributed by atoms with E-state index in [0.717, 1.165) is 25.7 Å². The van der Waals surface area contributed by atoms with E-state index in [1.807, 2.05) is 0 Å². The average molecular weight is 287 g/mol. The molecule has 0 aromatic heterocycles. The molecule has 0 aromatic rings. The zero-order chi connectivity index (χ0) is 15.2. The number of ether oxygens (including phenoxy) is 1. The van der Waals surface area contributed by atoms with Crippen LogP contribution in [-0.2, 0) is 14.4 Å². The second-order valence-electron chi connectivity index (χ2n) is 6.26. The van der Waals surface area contributed by atoms with Crippen molar-refractivity contribution in [3.63, 3.8) is 0 Å². The van der Waals surface area contributed by atoms with Crippen LogP contribution in [0.1, 0.15) is 52.9 Å². The molecule has 6 nitrogen and oxygen atoms in total. The van der Waals surface area contributed by atoms with Crippen LogP contribution in [0.4, 0.5) is 4.79 Å². The smallest absolute Gasteiger partial charge is 0.431 e. The van der Waals surface area contributed by atoms with Gasteiger partial charge in [-0.1, -0.05) is 19.3 Å². The third kappa shape index (κ3) is 6.23. The Morgan fingerprint density at radius 3 is 2.35 bits per heavy atom. The van der Waals surface area contributed by atoms with Crippen molar-refractivity contribution in [3.8, 4) is 0 Å². The molecule has 1 rings (SSSR count). The number of carboxylic acid groups (broad SMARTS) is 1. The first-order chi connectivity index (χ1) is 9.29. The summed E-state index contributed by atoms with van der Waals surface area (Å²) in [6.45, 7) is 5.21. The van der Waals surface area contributed by atoms with Crippen molar-refractivity contribution in [2.24, 2.45) is 11.8 Å². The van der Waals surface area contributed by atoms with Gasteiger partial charge in [-0.25, -0.2) is 4.79 Å². The zero-order valence-electron chi connectivity index (χ0n) is 12.5. The normalized spacial score (nSPS) is 18.4. The monoisotopic (exact) mass is 287 g/mol. The Hall–Kier alpha value is -1.30. The molecule has 0 aliphatic heterocycles. The Morgan fingerprint density at radius 1 is 1.25 bits per heavy atom. The maximum atomic E-state index is 11.4. The van der Waals surface area contributed by atoms with Crippen molar-refractivity contribution in [2.45, 2.75) is 58.5 Å². The molecule has 1 aliphatic carbocycles. The van der Waals surface area contributed by atoms with E-state index >= 15 is 0 Å². The fraction of sp³-hybridized carbons (Fsp3) is 0.857. The van der Waals surface area contributed by atoms with Crippen LogP contribution in [0.2, 0.25) is 0 Å². The quantitative estimate of drug-likeness (QED) is 0.759. The molecule has 1 aliphatic rings. The third-order valence-corrected chi connectivity index (χ3v) is 3.35. The summed E-state index contributed by atoms with van der Waals surface area (Å²) in [5.41, 5.74) is 1.53. The summed E-state index contributed by atoms with van der Waals surface area (Å²) in [5.74, 6) is -1.32. The summed E-state index contributed by atoms with van der Waals surface area (Å²) in [6, 6.07) is 0. The number of rotatable bonds is 5. The summed E-state index contributed by atoms with van der Waals surface area (Å²) in [4.78, 5) is 27.7. The van der Waals surface area contributed by atoms with Crippen molar-refractivity contribution in [2.75, 3.05) is 6.61 Å². The first kappa shape index (κ1) is 16.8. The summed E-state index contributed by atoms with van der Waals surface area (Å²) in [5, 5.41) is 9.25. The van der Waals surface area contributed by atoms with Gasteiger partial charge in [0.25, 0.3) is 0 Å². The van der Waals surface area contributed by atoms with Gasteiger partial charge in [-0.05, 0) is 39.5 Å². The first-order valence-corrected chi connectivity index (χ1v) is 7.13. The maximum Gasteiger partial charge on any atom is 0.431 e. The number of nitrogens with one attached hydrogen (secondary N) is 1. The highest BCUT2D eigenvalue weighted by Crippen LogP contribution is 2.30. The lowest BCUT2D eigenvalue weighted by molar-refractivity contribution is -0.148. The van der Waals surface area contributed by atoms with Gasteiger partial charge in [0, 0.05) is 0 Å². The Bertz CT molecular complexity index is 331. The number of carbonyl (C=O) groups excluding carboxylic acids is 1. The number of carbonyl (C=O) groups is 2. The number of hydroxylamine groups is 1. The van der Waals surface area contributed by atoms with Crippen LogP contribution < -0.4 is 5.48 Å². The van der Waals surface area contributed by atoms with Crippen molar-refractivity contribution in [1.29, 1.82) is 0 Å². The summed E-state index contributed by atoms with van der Waals surface area (Å²) in [6.07, 6.45) is 4.41. The third-order valence-electron chi connectivity index (χ3n) is 3.35. The lowest BCUT2D eigenvalue weighted by Gasteiger charge is -2.27. The molecule has 20 heavy (non-hydrogen) atoms. The van der Waals surface area contributed by atoms with Gasteiger partial charge < -0.3 is 9.84 Å². The zero-order valence-corrected chi connectivity index (χ0v) is 12.5. The van der Waals surface area contributed by atoms with Crippen molar-refractivity contribution in [1.82, 2.24) is 5.48 Å². The number of hydrogen-bond donors (Lipinski definition) is 2. The van der Waals surface area contributed by atoms with Crippen LogP contribution in [-0.4, -0.2) is 29.4 Å². The predicted octanol–water partition coefficient (Wildman–Crippen LogP) is 2.72. The highest BCUT2D eigenvalue weighted by atomic mass is 16.7. The largest absolute Gasteiger partial charge is 0.481 e. The van der Waals surface area contributed by atoms with Crippen LogP contribution >= 0.6 is 0 Å². The van der Waals surface area contributed by atoms with E-state index in [-0.39, 0.29) is 12.5 Å². The van der Waals surface area contributed by atoms with Crippen molar-refractivity contribution < 1.29 is 24.3 Å². The van der Waals surface area contributed by atoms with E-state index in [9.17, 15) is 14.7 Å². The number of aliphatic carboxylic acids is 1. The second-order valence-corrected chi connectivity index (χ2v) is 6.26. The van der Waals surface area contributed by atoms with E-state index in [2.05, 4.69) is 5.48 Å². The molecular weight excluding hydrogens is 262 g/mol. The molecule has 0 radical (unpaired) electrons. The van der Waals surface area contributed by atoms with Crippen molar-refractivity contribution >= 4 is 12.1 Å². The molecule has 0 saturated heterocycles. The van der Waals surface area contributed by atoms with E-state index in [1.165, 1.54) is 6.42 Å². The minimum absolute atomic E-state index is 0.0285. The highest BCUT2D eigenvalue weighted by molar-refractivity contribution is 5.70. The van der Waals surface area contributed by atoms with Gasteiger partial charge in [-0.15, -0.1) is 0 Å². The minimum atomic E-state index is -0.872. The molecule has 1 unspecified atom stereocenters. The van der Waals surface area contributed by atoms with Gasteiger partial charge in [0.1, 0.15) is 5.60 Å². The fourth-order valence-corrected chi connectivity index (χ4v) is 2.43. The van der Waals surface area contributed by atoms with E-state index in [4.69, 9.17) is 9.57 Å². The van der Waals surface area contributed by atoms with Crippen LogP contribution in [0.3, 0.4) is 0 Å². The number of hydrogen-bond acceptors (Lipinski definition) is 4. The first-order valence-electron chi connectivity index (χ1n) is 7.13. The minimum Gasteiger partial charge on any atom is -0.481 e. The topological polar surface area (TPSA) is 84.9 Å². The van der Waals surface area contributed by atoms with Gasteiger partial charge in [0.2, 0.25) is 0 Å². The van der Waals surface area contributed by atoms with Gasteiger partial charge in [-0.2, -0.15) is 5.48 Å². The van der Waals surface area contributed by atoms with Crippen LogP contribution in [0.5, 0.6) is 0 Å². The molecule has 1 amide bonds. The lowest BCUT2D eigenvalue weighted by Crippen LogP contribution is -2.36. The summed E-state index contributed by atoms with van der Waals surface area (Å²) < 4.78 is 5.00. The maximum absolute atomic E-state index is 11.4. The molecule has 2 N–H and O–H groups in total. The SMILES string of the molecule is CC(C)(C)OC(=O)NOCC(C(=O)O)C1CCCCC1. The molecule has 116 valence electrons. The molecule has 0 heterocycles. The molecule has 6 heteroatoms. The average Bonchev–Trinajstić information content (AvgIpc) is 2.33. The fourth-order valence-electron chi connectivity index (χ4n) is 2.43. The molecule has 0 aromatic carbocycles. The molecule has 1 saturated carbocycles. The van der Waals surface area contributed by atoms with Gasteiger partial charge in [0.05, 0.1) is 12.5 Å². The van der Waals surface area contributed by atoms with E-state index in [0.29, 0.717) is 0 Å². The highest BCUT2D eigenvalue weighted by Gasteiger charge is 2.30. The van der Waals surface area contributed by atoms with Crippen LogP contribution in [0.15, 0.2) is 0 Å². The van der Waals surface area contributed by atoms with Crippen molar-refractivity contribution in [3.05, 3.63) is 0 Å². The Balaban J connectivity index is 2.36. The second kappa shape index (κ2) is 7.47. The van der Waals surface area contributed by atoms with E-state index < -0.39 is 23.6 Å². The lowest BCUT2D eigenvalue weighted by atomic mass is 9.80. The summed E-state index contributed by atoms with van der Waals surface area (Å²) >= 11 is 0. The molecule has 1 fully saturated rings. The Morgan fingerprint density at radius 2 is 1.85 bits per heavy atom. The van der Waals surface area contributed by atoms with Gasteiger partial charge >= 0.3 is 12.1 Å². The van der Waals surface area contributed by atoms with Crippen LogP contribution in [0.25, 0.3) is 0 Å². The number of amides is 1. The molecule has 0 spiro atoms. The van der Waals surface area contributed by atoms with Gasteiger partial charge in [0.15, 0.2) is 0 Å². The van der Waals surface area contributed by atoms with Gasteiger partial charge in [-0.3, -0.25) is 9.63 Å². The predicted molar refractivity (Wildman–Crippen MR) is 73.0 cm³/mol. The molecule has 1 atom stereocenters. The summed E-state index contributed by atoms with van der Waals surface area (Å²) in [7, 11) is 0.